The molecule has 0 aromatic carbocycles. The Hall–Kier alpha value is 0.150. The molecule has 0 saturated carbocycles. The van der Waals surface area contributed by atoms with Gasteiger partial charge in [-0.05, 0) is 40.9 Å². The third-order valence-electron chi connectivity index (χ3n) is 2.87. The molecule has 0 heterocycles. The monoisotopic (exact) mass is 338 g/mol. The number of ether oxygens (including phenoxy) is 4. The van der Waals surface area contributed by atoms with Crippen LogP contribution in [-0.2, 0) is 18.9 Å². The molecular weight excluding hydrogens is 304 g/mol. The summed E-state index contributed by atoms with van der Waals surface area (Å²) in [5.41, 5.74) is 0. The predicted molar refractivity (Wildman–Crippen MR) is 91.7 cm³/mol. The Morgan fingerprint density at radius 2 is 1.05 bits per heavy atom. The normalized spacial score (nSPS) is 18.7. The molecule has 0 rings (SSSR count). The second-order valence-corrected chi connectivity index (χ2v) is 6.79. The van der Waals surface area contributed by atoms with E-state index in [0.717, 1.165) is 5.75 Å². The number of thioether (sulfide) groups is 1. The van der Waals surface area contributed by atoms with Gasteiger partial charge in [0.25, 0.3) is 0 Å². The Labute approximate surface area is 140 Å². The van der Waals surface area contributed by atoms with Crippen LogP contribution in [0.15, 0.2) is 0 Å². The summed E-state index contributed by atoms with van der Waals surface area (Å²) in [7, 11) is 0. The SMILES string of the molecule is CSC[C@@H](C)OC[C@H](C)OC[C@H](C)OC[C@H](C)OC[C@H](C)O. The molecule has 0 unspecified atom stereocenters. The van der Waals surface area contributed by atoms with Crippen LogP contribution >= 0.6 is 11.8 Å². The number of hydrogen-bond acceptors (Lipinski definition) is 6. The maximum Gasteiger partial charge on any atom is 0.0781 e. The van der Waals surface area contributed by atoms with E-state index in [4.69, 9.17) is 24.1 Å². The molecule has 0 spiro atoms. The Kier molecular flexibility index (Phi) is 13.7. The van der Waals surface area contributed by atoms with Crippen molar-refractivity contribution in [2.24, 2.45) is 0 Å². The van der Waals surface area contributed by atoms with Gasteiger partial charge < -0.3 is 24.1 Å². The second kappa shape index (κ2) is 13.6. The lowest BCUT2D eigenvalue weighted by Gasteiger charge is -2.21. The minimum atomic E-state index is -0.447. The van der Waals surface area contributed by atoms with E-state index in [1.54, 1.807) is 18.7 Å². The van der Waals surface area contributed by atoms with E-state index in [9.17, 15) is 0 Å². The molecule has 0 saturated heterocycles. The average Bonchev–Trinajstić information content (AvgIpc) is 2.46. The first-order chi connectivity index (χ1) is 10.3. The summed E-state index contributed by atoms with van der Waals surface area (Å²) >= 11 is 1.78. The van der Waals surface area contributed by atoms with Crippen molar-refractivity contribution in [1.29, 1.82) is 0 Å². The van der Waals surface area contributed by atoms with E-state index in [1.807, 2.05) is 20.8 Å². The van der Waals surface area contributed by atoms with Crippen molar-refractivity contribution in [3.05, 3.63) is 0 Å². The summed E-state index contributed by atoms with van der Waals surface area (Å²) < 4.78 is 22.5. The standard InChI is InChI=1S/C16H34O5S/c1-12(17)7-18-13(2)8-19-14(3)9-20-15(4)10-21-16(5)11-22-6/h12-17H,7-11H2,1-6H3/t12-,13-,14-,15-,16+/m0/s1. The molecule has 0 radical (unpaired) electrons. The van der Waals surface area contributed by atoms with Gasteiger partial charge in [0.2, 0.25) is 0 Å². The average molecular weight is 339 g/mol. The van der Waals surface area contributed by atoms with Crippen LogP contribution in [0.25, 0.3) is 0 Å². The minimum absolute atomic E-state index is 0.00340. The molecule has 0 aliphatic rings. The van der Waals surface area contributed by atoms with Crippen molar-refractivity contribution < 1.29 is 24.1 Å². The zero-order chi connectivity index (χ0) is 17.0. The summed E-state index contributed by atoms with van der Waals surface area (Å²) in [6, 6.07) is 0. The molecule has 0 aliphatic carbocycles. The van der Waals surface area contributed by atoms with Gasteiger partial charge in [-0.25, -0.2) is 0 Å². The second-order valence-electron chi connectivity index (χ2n) is 5.88. The van der Waals surface area contributed by atoms with Gasteiger partial charge in [-0.15, -0.1) is 0 Å². The van der Waals surface area contributed by atoms with Gasteiger partial charge in [-0.2, -0.15) is 11.8 Å². The van der Waals surface area contributed by atoms with Crippen LogP contribution in [0.4, 0.5) is 0 Å². The van der Waals surface area contributed by atoms with Gasteiger partial charge in [0.1, 0.15) is 0 Å². The van der Waals surface area contributed by atoms with Gasteiger partial charge in [-0.1, -0.05) is 0 Å². The molecule has 22 heavy (non-hydrogen) atoms. The first-order valence-electron chi connectivity index (χ1n) is 7.98. The maximum absolute atomic E-state index is 9.15. The lowest BCUT2D eigenvalue weighted by atomic mass is 10.3. The van der Waals surface area contributed by atoms with Gasteiger partial charge in [0.05, 0.1) is 56.9 Å². The summed E-state index contributed by atoms with van der Waals surface area (Å²) in [5.74, 6) is 0.997. The molecule has 134 valence electrons. The van der Waals surface area contributed by atoms with Gasteiger partial charge >= 0.3 is 0 Å². The highest BCUT2D eigenvalue weighted by molar-refractivity contribution is 7.98. The zero-order valence-electron chi connectivity index (χ0n) is 14.9. The Balaban J connectivity index is 3.64. The molecule has 0 aromatic rings. The maximum atomic E-state index is 9.15. The fourth-order valence-electron chi connectivity index (χ4n) is 1.63. The van der Waals surface area contributed by atoms with E-state index >= 15 is 0 Å². The fraction of sp³-hybridized carbons (Fsp3) is 1.00. The van der Waals surface area contributed by atoms with E-state index in [1.165, 1.54) is 0 Å². The highest BCUT2D eigenvalue weighted by Gasteiger charge is 2.11. The largest absolute Gasteiger partial charge is 0.391 e. The molecule has 0 aromatic heterocycles. The summed E-state index contributed by atoms with van der Waals surface area (Å²) in [6.45, 7) is 11.6. The van der Waals surface area contributed by atoms with Crippen molar-refractivity contribution >= 4 is 11.8 Å². The van der Waals surface area contributed by atoms with Gasteiger partial charge in [-0.3, -0.25) is 0 Å². The summed E-state index contributed by atoms with van der Waals surface area (Å²) in [4.78, 5) is 0. The molecule has 0 bridgehead atoms. The first-order valence-corrected chi connectivity index (χ1v) is 9.37. The van der Waals surface area contributed by atoms with E-state index < -0.39 is 6.10 Å². The van der Waals surface area contributed by atoms with Crippen molar-refractivity contribution in [3.63, 3.8) is 0 Å². The smallest absolute Gasteiger partial charge is 0.0781 e. The summed E-state index contributed by atoms with van der Waals surface area (Å²) in [6.07, 6.45) is 1.90. The summed E-state index contributed by atoms with van der Waals surface area (Å²) in [5, 5.41) is 9.15. The lowest BCUT2D eigenvalue weighted by molar-refractivity contribution is -0.0897. The quantitative estimate of drug-likeness (QED) is 0.525. The number of rotatable bonds is 14. The van der Waals surface area contributed by atoms with Crippen molar-refractivity contribution in [3.8, 4) is 0 Å². The predicted octanol–water partition coefficient (Wildman–Crippen LogP) is 2.35. The van der Waals surface area contributed by atoms with Crippen LogP contribution in [0.3, 0.4) is 0 Å². The third kappa shape index (κ3) is 13.8. The van der Waals surface area contributed by atoms with Crippen LogP contribution in [0.2, 0.25) is 0 Å². The molecule has 1 N–H and O–H groups in total. The van der Waals surface area contributed by atoms with Crippen molar-refractivity contribution in [2.75, 3.05) is 38.4 Å². The molecule has 0 aliphatic heterocycles. The number of aliphatic hydroxyl groups excluding tert-OH is 1. The first kappa shape index (κ1) is 22.1. The van der Waals surface area contributed by atoms with Crippen LogP contribution < -0.4 is 0 Å². The third-order valence-corrected chi connectivity index (χ3v) is 3.67. The minimum Gasteiger partial charge on any atom is -0.391 e. The number of aliphatic hydroxyl groups is 1. The molecule has 5 nitrogen and oxygen atoms in total. The lowest BCUT2D eigenvalue weighted by Crippen LogP contribution is -2.28. The van der Waals surface area contributed by atoms with Crippen LogP contribution in [0.1, 0.15) is 34.6 Å². The van der Waals surface area contributed by atoms with Gasteiger partial charge in [0.15, 0.2) is 0 Å². The Bertz CT molecular complexity index is 253. The molecule has 0 amide bonds. The number of hydrogen-bond donors (Lipinski definition) is 1. The topological polar surface area (TPSA) is 57.2 Å². The van der Waals surface area contributed by atoms with E-state index in [-0.39, 0.29) is 24.4 Å². The zero-order valence-corrected chi connectivity index (χ0v) is 15.7. The Morgan fingerprint density at radius 3 is 1.41 bits per heavy atom. The van der Waals surface area contributed by atoms with Crippen LogP contribution in [0, 0.1) is 0 Å². The fourth-order valence-corrected chi connectivity index (χ4v) is 2.20. The molecule has 6 heteroatoms. The highest BCUT2D eigenvalue weighted by atomic mass is 32.2. The van der Waals surface area contributed by atoms with E-state index in [0.29, 0.717) is 26.4 Å². The Morgan fingerprint density at radius 1 is 0.682 bits per heavy atom. The van der Waals surface area contributed by atoms with Crippen molar-refractivity contribution in [2.45, 2.75) is 65.1 Å². The molecular formula is C16H34O5S. The highest BCUT2D eigenvalue weighted by Crippen LogP contribution is 2.04. The molecule has 5 atom stereocenters. The van der Waals surface area contributed by atoms with Crippen LogP contribution in [-0.4, -0.2) is 74.1 Å². The van der Waals surface area contributed by atoms with Crippen molar-refractivity contribution in [1.82, 2.24) is 0 Å². The van der Waals surface area contributed by atoms with Gasteiger partial charge in [0, 0.05) is 5.75 Å². The molecule has 0 fully saturated rings. The van der Waals surface area contributed by atoms with Crippen LogP contribution in [0.5, 0.6) is 0 Å². The van der Waals surface area contributed by atoms with E-state index in [2.05, 4.69) is 13.2 Å².